The largest absolute Gasteiger partial charge is 0.477 e. The van der Waals surface area contributed by atoms with E-state index in [0.717, 1.165) is 17.8 Å². The molecule has 108 valence electrons. The van der Waals surface area contributed by atoms with E-state index in [1.54, 1.807) is 18.7 Å². The van der Waals surface area contributed by atoms with Crippen molar-refractivity contribution in [2.75, 3.05) is 12.8 Å². The minimum Gasteiger partial charge on any atom is -0.477 e. The highest BCUT2D eigenvalue weighted by molar-refractivity contribution is 7.99. The molecular weight excluding hydrogens is 306 g/mol. The van der Waals surface area contributed by atoms with Crippen molar-refractivity contribution in [2.24, 2.45) is 0 Å². The first-order valence-corrected chi connectivity index (χ1v) is 9.23. The van der Waals surface area contributed by atoms with Crippen LogP contribution in [-0.2, 0) is 10.0 Å². The molecule has 0 radical (unpaired) electrons. The Morgan fingerprint density at radius 3 is 2.68 bits per heavy atom. The highest BCUT2D eigenvalue weighted by atomic mass is 32.2. The monoisotopic (exact) mass is 323 g/mol. The van der Waals surface area contributed by atoms with Crippen LogP contribution in [0, 0.1) is 6.92 Å². The van der Waals surface area contributed by atoms with Gasteiger partial charge < -0.3 is 5.11 Å². The molecule has 0 fully saturated rings. The maximum absolute atomic E-state index is 12.1. The molecule has 0 amide bonds. The lowest BCUT2D eigenvalue weighted by Crippen LogP contribution is -2.26. The van der Waals surface area contributed by atoms with Gasteiger partial charge in [-0.15, -0.1) is 11.3 Å². The number of hydrogen-bond acceptors (Lipinski definition) is 5. The summed E-state index contributed by atoms with van der Waals surface area (Å²) in [6.07, 6.45) is 2.71. The average molecular weight is 323 g/mol. The molecule has 8 heteroatoms. The highest BCUT2D eigenvalue weighted by Crippen LogP contribution is 2.25. The number of nitrogens with one attached hydrogen (secondary N) is 1. The Morgan fingerprint density at radius 2 is 2.21 bits per heavy atom. The lowest BCUT2D eigenvalue weighted by Gasteiger charge is -2.09. The smallest absolute Gasteiger partial charge is 0.345 e. The van der Waals surface area contributed by atoms with E-state index in [1.165, 1.54) is 6.07 Å². The SMILES string of the molecule is CSC(C)CCNS(=O)(=O)c1cc(C(=O)O)sc1C. The van der Waals surface area contributed by atoms with Crippen LogP contribution in [0.5, 0.6) is 0 Å². The van der Waals surface area contributed by atoms with Gasteiger partial charge in [0.05, 0.1) is 4.90 Å². The molecule has 19 heavy (non-hydrogen) atoms. The molecule has 0 saturated carbocycles. The first-order valence-electron chi connectivity index (χ1n) is 5.64. The number of aryl methyl sites for hydroxylation is 1. The first kappa shape index (κ1) is 16.5. The molecule has 0 bridgehead atoms. The predicted octanol–water partition coefficient (Wildman–Crippen LogP) is 2.17. The number of rotatable bonds is 7. The third kappa shape index (κ3) is 4.48. The van der Waals surface area contributed by atoms with Crippen molar-refractivity contribution in [3.8, 4) is 0 Å². The summed E-state index contributed by atoms with van der Waals surface area (Å²) in [7, 11) is -3.62. The van der Waals surface area contributed by atoms with Gasteiger partial charge in [0.1, 0.15) is 4.88 Å². The zero-order valence-corrected chi connectivity index (χ0v) is 13.4. The number of sulfonamides is 1. The van der Waals surface area contributed by atoms with Gasteiger partial charge in [0, 0.05) is 16.7 Å². The Hall–Kier alpha value is -0.570. The van der Waals surface area contributed by atoms with Gasteiger partial charge in [-0.1, -0.05) is 6.92 Å². The molecule has 1 rings (SSSR count). The molecule has 0 aromatic carbocycles. The van der Waals surface area contributed by atoms with Gasteiger partial charge in [-0.2, -0.15) is 11.8 Å². The fourth-order valence-corrected chi connectivity index (χ4v) is 4.26. The van der Waals surface area contributed by atoms with E-state index in [1.807, 2.05) is 13.2 Å². The van der Waals surface area contributed by atoms with Crippen LogP contribution in [0.1, 0.15) is 27.9 Å². The highest BCUT2D eigenvalue weighted by Gasteiger charge is 2.21. The Bertz CT molecular complexity index is 550. The van der Waals surface area contributed by atoms with Crippen molar-refractivity contribution in [3.63, 3.8) is 0 Å². The predicted molar refractivity (Wildman–Crippen MR) is 78.8 cm³/mol. The van der Waals surface area contributed by atoms with Crippen LogP contribution in [0.3, 0.4) is 0 Å². The van der Waals surface area contributed by atoms with Gasteiger partial charge in [0.25, 0.3) is 0 Å². The summed E-state index contributed by atoms with van der Waals surface area (Å²) in [5.74, 6) is -1.11. The molecule has 5 nitrogen and oxygen atoms in total. The van der Waals surface area contributed by atoms with Gasteiger partial charge >= 0.3 is 5.97 Å². The fourth-order valence-electron chi connectivity index (χ4n) is 1.43. The summed E-state index contributed by atoms with van der Waals surface area (Å²) in [4.78, 5) is 11.4. The zero-order valence-electron chi connectivity index (χ0n) is 11.0. The van der Waals surface area contributed by atoms with Crippen LogP contribution in [0.15, 0.2) is 11.0 Å². The van der Waals surface area contributed by atoms with E-state index in [-0.39, 0.29) is 9.77 Å². The molecule has 1 aromatic rings. The third-order valence-electron chi connectivity index (χ3n) is 2.62. The first-order chi connectivity index (χ1) is 8.77. The number of hydrogen-bond donors (Lipinski definition) is 2. The van der Waals surface area contributed by atoms with Crippen LogP contribution < -0.4 is 4.72 Å². The molecule has 0 aliphatic heterocycles. The number of thiophene rings is 1. The lowest BCUT2D eigenvalue weighted by atomic mass is 10.3. The van der Waals surface area contributed by atoms with Crippen molar-refractivity contribution >= 4 is 39.1 Å². The molecule has 0 saturated heterocycles. The molecule has 2 N–H and O–H groups in total. The lowest BCUT2D eigenvalue weighted by molar-refractivity contribution is 0.0702. The molecule has 0 spiro atoms. The summed E-state index contributed by atoms with van der Waals surface area (Å²) in [6, 6.07) is 1.21. The molecule has 0 aliphatic rings. The maximum Gasteiger partial charge on any atom is 0.345 e. The molecule has 1 aromatic heterocycles. The summed E-state index contributed by atoms with van der Waals surface area (Å²) < 4.78 is 26.6. The summed E-state index contributed by atoms with van der Waals surface area (Å²) >= 11 is 2.64. The van der Waals surface area contributed by atoms with E-state index in [0.29, 0.717) is 16.7 Å². The Labute approximate surface area is 121 Å². The molecule has 1 heterocycles. The normalized spacial score (nSPS) is 13.4. The molecule has 1 atom stereocenters. The minimum atomic E-state index is -3.62. The number of carboxylic acids is 1. The summed E-state index contributed by atoms with van der Waals surface area (Å²) in [5.41, 5.74) is 0. The van der Waals surface area contributed by atoms with Gasteiger partial charge in [-0.25, -0.2) is 17.9 Å². The van der Waals surface area contributed by atoms with Crippen LogP contribution in [-0.4, -0.2) is 37.5 Å². The fraction of sp³-hybridized carbons (Fsp3) is 0.545. The number of thioether (sulfide) groups is 1. The van der Waals surface area contributed by atoms with Gasteiger partial charge in [0.2, 0.25) is 10.0 Å². The second-order valence-corrected chi connectivity index (χ2v) is 8.34. The van der Waals surface area contributed by atoms with Gasteiger partial charge in [-0.3, -0.25) is 0 Å². The summed E-state index contributed by atoms with van der Waals surface area (Å²) in [5, 5.41) is 9.24. The Morgan fingerprint density at radius 1 is 1.58 bits per heavy atom. The number of aromatic carboxylic acids is 1. The van der Waals surface area contributed by atoms with Gasteiger partial charge in [-0.05, 0) is 25.7 Å². The Balaban J connectivity index is 2.80. The van der Waals surface area contributed by atoms with Crippen LogP contribution in [0.2, 0.25) is 0 Å². The zero-order chi connectivity index (χ0) is 14.6. The van der Waals surface area contributed by atoms with Crippen LogP contribution in [0.25, 0.3) is 0 Å². The molecular formula is C11H17NO4S3. The average Bonchev–Trinajstić information content (AvgIpc) is 2.71. The standard InChI is InChI=1S/C11H17NO4S3/c1-7(17-3)4-5-12-19(15,16)10-6-9(11(13)14)18-8(10)2/h6-7,12H,4-5H2,1-3H3,(H,13,14). The number of carbonyl (C=O) groups is 1. The second kappa shape index (κ2) is 6.74. The topological polar surface area (TPSA) is 83.5 Å². The molecule has 0 aliphatic carbocycles. The van der Waals surface area contributed by atoms with Crippen LogP contribution >= 0.6 is 23.1 Å². The maximum atomic E-state index is 12.1. The van der Waals surface area contributed by atoms with E-state index in [2.05, 4.69) is 4.72 Å². The van der Waals surface area contributed by atoms with Crippen LogP contribution in [0.4, 0.5) is 0 Å². The quantitative estimate of drug-likeness (QED) is 0.803. The van der Waals surface area contributed by atoms with E-state index in [9.17, 15) is 13.2 Å². The van der Waals surface area contributed by atoms with Crippen molar-refractivity contribution < 1.29 is 18.3 Å². The van der Waals surface area contributed by atoms with Crippen molar-refractivity contribution in [1.29, 1.82) is 0 Å². The van der Waals surface area contributed by atoms with Crippen molar-refractivity contribution in [3.05, 3.63) is 15.8 Å². The molecule has 1 unspecified atom stereocenters. The number of carboxylic acid groups (broad SMARTS) is 1. The third-order valence-corrected chi connectivity index (χ3v) is 6.41. The van der Waals surface area contributed by atoms with Gasteiger partial charge in [0.15, 0.2) is 0 Å². The van der Waals surface area contributed by atoms with Crippen molar-refractivity contribution in [1.82, 2.24) is 4.72 Å². The summed E-state index contributed by atoms with van der Waals surface area (Å²) in [6.45, 7) is 3.98. The van der Waals surface area contributed by atoms with E-state index in [4.69, 9.17) is 5.11 Å². The van der Waals surface area contributed by atoms with Crippen molar-refractivity contribution in [2.45, 2.75) is 30.4 Å². The minimum absolute atomic E-state index is 0.0374. The Kier molecular flexibility index (Phi) is 5.84. The second-order valence-electron chi connectivity index (χ2n) is 4.07. The van der Waals surface area contributed by atoms with E-state index >= 15 is 0 Å². The van der Waals surface area contributed by atoms with E-state index < -0.39 is 16.0 Å².